The number of aromatic carboxylic acids is 1. The zero-order chi connectivity index (χ0) is 17.8. The normalized spacial score (nSPS) is 15.0. The fraction of sp³-hybridized carbons (Fsp3) is 0.0556. The minimum absolute atomic E-state index is 0.0972. The molecular weight excluding hydrogens is 324 g/mol. The van der Waals surface area contributed by atoms with E-state index in [0.717, 1.165) is 5.56 Å². The van der Waals surface area contributed by atoms with Crippen molar-refractivity contribution in [2.24, 2.45) is 0 Å². The number of carbonyl (C=O) groups excluding carboxylic acids is 3. The molecule has 2 aromatic carbocycles. The van der Waals surface area contributed by atoms with E-state index in [2.05, 4.69) is 10.6 Å². The molecule has 1 saturated heterocycles. The molecular formula is C18H13N2O5-. The average Bonchev–Trinajstić information content (AvgIpc) is 2.92. The lowest BCUT2D eigenvalue weighted by Crippen LogP contribution is -2.22. The smallest absolute Gasteiger partial charge is 0.326 e. The first-order valence-electron chi connectivity index (χ1n) is 7.38. The van der Waals surface area contributed by atoms with Crippen LogP contribution in [0.4, 0.5) is 4.79 Å². The Morgan fingerprint density at radius 3 is 2.48 bits per heavy atom. The van der Waals surface area contributed by atoms with Gasteiger partial charge in [-0.3, -0.25) is 10.1 Å². The van der Waals surface area contributed by atoms with Crippen LogP contribution in [0.5, 0.6) is 5.75 Å². The Bertz CT molecular complexity index is 871. The van der Waals surface area contributed by atoms with E-state index in [-0.39, 0.29) is 17.9 Å². The molecule has 0 bridgehead atoms. The summed E-state index contributed by atoms with van der Waals surface area (Å²) in [4.78, 5) is 33.3. The maximum atomic E-state index is 11.5. The molecule has 7 heteroatoms. The molecule has 25 heavy (non-hydrogen) atoms. The quantitative estimate of drug-likeness (QED) is 0.620. The third-order valence-corrected chi connectivity index (χ3v) is 3.48. The summed E-state index contributed by atoms with van der Waals surface area (Å²) < 4.78 is 5.61. The number of imide groups is 1. The first kappa shape index (κ1) is 16.3. The molecule has 0 radical (unpaired) electrons. The van der Waals surface area contributed by atoms with Gasteiger partial charge in [-0.1, -0.05) is 30.3 Å². The van der Waals surface area contributed by atoms with Crippen molar-refractivity contribution in [2.75, 3.05) is 0 Å². The summed E-state index contributed by atoms with van der Waals surface area (Å²) in [5, 5.41) is 15.4. The van der Waals surface area contributed by atoms with Gasteiger partial charge in [0.1, 0.15) is 18.1 Å². The summed E-state index contributed by atoms with van der Waals surface area (Å²) in [5.41, 5.74) is 1.70. The Balaban J connectivity index is 1.64. The fourth-order valence-electron chi connectivity index (χ4n) is 2.26. The average molecular weight is 337 g/mol. The topological polar surface area (TPSA) is 108 Å². The van der Waals surface area contributed by atoms with Crippen LogP contribution in [0.3, 0.4) is 0 Å². The summed E-state index contributed by atoms with van der Waals surface area (Å²) in [6.07, 6.45) is 1.55. The number of hydrogen-bond acceptors (Lipinski definition) is 5. The Labute approximate surface area is 142 Å². The minimum Gasteiger partial charge on any atom is -0.545 e. The van der Waals surface area contributed by atoms with Crippen LogP contribution in [0, 0.1) is 0 Å². The molecule has 3 amide bonds. The van der Waals surface area contributed by atoms with Gasteiger partial charge in [0.15, 0.2) is 0 Å². The van der Waals surface area contributed by atoms with E-state index >= 15 is 0 Å². The SMILES string of the molecule is O=C1NC(=O)/C(=C/c2ccc(OCc3cccc(C(=O)[O-])c3)cc2)N1. The zero-order valence-corrected chi connectivity index (χ0v) is 12.9. The van der Waals surface area contributed by atoms with Crippen LogP contribution < -0.4 is 20.5 Å². The number of carboxylic acid groups (broad SMARTS) is 1. The number of rotatable bonds is 5. The summed E-state index contributed by atoms with van der Waals surface area (Å²) in [6.45, 7) is 0.208. The second-order valence-corrected chi connectivity index (χ2v) is 5.31. The summed E-state index contributed by atoms with van der Waals surface area (Å²) in [5.74, 6) is -1.12. The van der Waals surface area contributed by atoms with Gasteiger partial charge < -0.3 is 20.0 Å². The summed E-state index contributed by atoms with van der Waals surface area (Å²) in [6, 6.07) is 12.7. The van der Waals surface area contributed by atoms with Crippen molar-refractivity contribution in [2.45, 2.75) is 6.61 Å². The van der Waals surface area contributed by atoms with E-state index in [1.54, 1.807) is 42.5 Å². The monoisotopic (exact) mass is 337 g/mol. The van der Waals surface area contributed by atoms with Crippen molar-refractivity contribution in [1.82, 2.24) is 10.6 Å². The van der Waals surface area contributed by atoms with Crippen LogP contribution in [0.2, 0.25) is 0 Å². The van der Waals surface area contributed by atoms with Gasteiger partial charge >= 0.3 is 6.03 Å². The first-order valence-corrected chi connectivity index (χ1v) is 7.38. The van der Waals surface area contributed by atoms with Gasteiger partial charge in [0.2, 0.25) is 0 Å². The number of urea groups is 1. The van der Waals surface area contributed by atoms with E-state index in [1.165, 1.54) is 12.1 Å². The highest BCUT2D eigenvalue weighted by atomic mass is 16.5. The van der Waals surface area contributed by atoms with Crippen molar-refractivity contribution in [3.05, 3.63) is 70.9 Å². The lowest BCUT2D eigenvalue weighted by Gasteiger charge is -2.09. The van der Waals surface area contributed by atoms with Crippen LogP contribution in [-0.2, 0) is 11.4 Å². The first-order chi connectivity index (χ1) is 12.0. The van der Waals surface area contributed by atoms with Crippen molar-refractivity contribution >= 4 is 24.0 Å². The number of amides is 3. The van der Waals surface area contributed by atoms with Crippen LogP contribution >= 0.6 is 0 Å². The van der Waals surface area contributed by atoms with Crippen molar-refractivity contribution in [1.29, 1.82) is 0 Å². The standard InChI is InChI=1S/C18H14N2O5/c21-16-15(19-18(24)20-16)9-11-4-6-14(7-5-11)25-10-12-2-1-3-13(8-12)17(22)23/h1-9H,10H2,(H,22,23)(H2,19,20,21,24)/p-1/b15-9-. The van der Waals surface area contributed by atoms with Crippen molar-refractivity contribution in [3.63, 3.8) is 0 Å². The number of ether oxygens (including phenoxy) is 1. The summed E-state index contributed by atoms with van der Waals surface area (Å²) in [7, 11) is 0. The van der Waals surface area contributed by atoms with E-state index in [9.17, 15) is 19.5 Å². The molecule has 2 aromatic rings. The predicted molar refractivity (Wildman–Crippen MR) is 86.2 cm³/mol. The predicted octanol–water partition coefficient (Wildman–Crippen LogP) is 0.809. The zero-order valence-electron chi connectivity index (χ0n) is 12.9. The van der Waals surface area contributed by atoms with Gasteiger partial charge in [0.25, 0.3) is 5.91 Å². The molecule has 0 saturated carbocycles. The maximum absolute atomic E-state index is 11.5. The molecule has 2 N–H and O–H groups in total. The number of hydrogen-bond donors (Lipinski definition) is 2. The highest BCUT2D eigenvalue weighted by molar-refractivity contribution is 6.13. The Morgan fingerprint density at radius 1 is 1.08 bits per heavy atom. The van der Waals surface area contributed by atoms with Crippen LogP contribution in [-0.4, -0.2) is 17.9 Å². The molecule has 0 unspecified atom stereocenters. The second-order valence-electron chi connectivity index (χ2n) is 5.31. The fourth-order valence-corrected chi connectivity index (χ4v) is 2.26. The number of benzene rings is 2. The Morgan fingerprint density at radius 2 is 1.84 bits per heavy atom. The molecule has 1 heterocycles. The van der Waals surface area contributed by atoms with E-state index in [4.69, 9.17) is 4.74 Å². The Kier molecular flexibility index (Phi) is 4.47. The largest absolute Gasteiger partial charge is 0.545 e. The van der Waals surface area contributed by atoms with Crippen LogP contribution in [0.25, 0.3) is 6.08 Å². The molecule has 3 rings (SSSR count). The highest BCUT2D eigenvalue weighted by Gasteiger charge is 2.22. The second kappa shape index (κ2) is 6.88. The molecule has 126 valence electrons. The lowest BCUT2D eigenvalue weighted by atomic mass is 10.1. The third kappa shape index (κ3) is 4.03. The van der Waals surface area contributed by atoms with E-state index in [1.807, 2.05) is 0 Å². The lowest BCUT2D eigenvalue weighted by molar-refractivity contribution is -0.255. The molecule has 0 aromatic heterocycles. The van der Waals surface area contributed by atoms with Crippen molar-refractivity contribution < 1.29 is 24.2 Å². The number of carbonyl (C=O) groups is 3. The maximum Gasteiger partial charge on any atom is 0.326 e. The van der Waals surface area contributed by atoms with Crippen LogP contribution in [0.1, 0.15) is 21.5 Å². The number of nitrogens with one attached hydrogen (secondary N) is 2. The summed E-state index contributed by atoms with van der Waals surface area (Å²) >= 11 is 0. The molecule has 0 aliphatic carbocycles. The molecule has 7 nitrogen and oxygen atoms in total. The van der Waals surface area contributed by atoms with Gasteiger partial charge in [0.05, 0.1) is 5.97 Å². The molecule has 0 spiro atoms. The molecule has 1 fully saturated rings. The van der Waals surface area contributed by atoms with Crippen molar-refractivity contribution in [3.8, 4) is 5.75 Å². The van der Waals surface area contributed by atoms with Crippen LogP contribution in [0.15, 0.2) is 54.2 Å². The van der Waals surface area contributed by atoms with E-state index in [0.29, 0.717) is 11.3 Å². The molecule has 1 aliphatic heterocycles. The minimum atomic E-state index is -1.23. The Hall–Kier alpha value is -3.61. The van der Waals surface area contributed by atoms with E-state index < -0.39 is 17.9 Å². The third-order valence-electron chi connectivity index (χ3n) is 3.48. The number of carboxylic acids is 1. The van der Waals surface area contributed by atoms with Gasteiger partial charge in [-0.2, -0.15) is 0 Å². The van der Waals surface area contributed by atoms with Gasteiger partial charge in [-0.25, -0.2) is 4.79 Å². The van der Waals surface area contributed by atoms with Gasteiger partial charge in [-0.05, 0) is 41.0 Å². The molecule has 1 aliphatic rings. The highest BCUT2D eigenvalue weighted by Crippen LogP contribution is 2.17. The molecule has 0 atom stereocenters. The van der Waals surface area contributed by atoms with Gasteiger partial charge in [-0.15, -0.1) is 0 Å². The van der Waals surface area contributed by atoms with Gasteiger partial charge in [0, 0.05) is 0 Å².